The van der Waals surface area contributed by atoms with Gasteiger partial charge in [-0.05, 0) is 23.4 Å². The zero-order valence-electron chi connectivity index (χ0n) is 6.85. The molecule has 3 nitrogen and oxygen atoms in total. The summed E-state index contributed by atoms with van der Waals surface area (Å²) in [6.07, 6.45) is 4.63. The second kappa shape index (κ2) is 5.65. The summed E-state index contributed by atoms with van der Waals surface area (Å²) in [6, 6.07) is 1.96. The lowest BCUT2D eigenvalue weighted by Crippen LogP contribution is -1.72. The van der Waals surface area contributed by atoms with Gasteiger partial charge in [0.2, 0.25) is 0 Å². The third-order valence-electron chi connectivity index (χ3n) is 1.40. The van der Waals surface area contributed by atoms with E-state index in [1.807, 2.05) is 23.6 Å². The first-order valence-electron chi connectivity index (χ1n) is 3.75. The Morgan fingerprint density at radius 3 is 3.15 bits per heavy atom. The quantitative estimate of drug-likeness (QED) is 0.313. The Morgan fingerprint density at radius 2 is 2.54 bits per heavy atom. The maximum atomic E-state index is 8.01. The summed E-state index contributed by atoms with van der Waals surface area (Å²) >= 11 is 7.37. The number of hydrogen-bond donors (Lipinski definition) is 0. The molecule has 0 aromatic carbocycles. The lowest BCUT2D eigenvalue weighted by Gasteiger charge is -1.86. The van der Waals surface area contributed by atoms with Crippen molar-refractivity contribution >= 4 is 29.0 Å². The Morgan fingerprint density at radius 1 is 1.69 bits per heavy atom. The average Bonchev–Trinajstić information content (AvgIpc) is 2.52. The molecule has 0 saturated heterocycles. The van der Waals surface area contributed by atoms with Crippen LogP contribution in [0.15, 0.2) is 22.6 Å². The Kier molecular flexibility index (Phi) is 4.40. The molecule has 13 heavy (non-hydrogen) atoms. The number of rotatable bonds is 4. The first-order chi connectivity index (χ1) is 6.34. The van der Waals surface area contributed by atoms with Crippen LogP contribution in [0.3, 0.4) is 0 Å². The molecule has 0 N–H and O–H groups in total. The molecule has 0 unspecified atom stereocenters. The molecule has 0 saturated carbocycles. The SMILES string of the molecule is [N-]=[N+]=NCCC=Cc1ccsc1Cl. The van der Waals surface area contributed by atoms with Gasteiger partial charge in [0.25, 0.3) is 0 Å². The maximum absolute atomic E-state index is 8.01. The normalized spacial score (nSPS) is 10.2. The molecule has 0 aliphatic rings. The number of halogens is 1. The number of hydrogen-bond acceptors (Lipinski definition) is 2. The van der Waals surface area contributed by atoms with Crippen LogP contribution >= 0.6 is 22.9 Å². The van der Waals surface area contributed by atoms with Crippen molar-refractivity contribution in [3.8, 4) is 0 Å². The van der Waals surface area contributed by atoms with Crippen LogP contribution in [0.5, 0.6) is 0 Å². The second-order valence-corrected chi connectivity index (χ2v) is 3.81. The molecule has 68 valence electrons. The predicted octanol–water partition coefficient (Wildman–Crippen LogP) is 4.12. The fraction of sp³-hybridized carbons (Fsp3) is 0.250. The Bertz CT molecular complexity index is 339. The van der Waals surface area contributed by atoms with E-state index in [-0.39, 0.29) is 0 Å². The minimum atomic E-state index is 0.495. The van der Waals surface area contributed by atoms with Crippen molar-refractivity contribution in [2.45, 2.75) is 6.42 Å². The lowest BCUT2D eigenvalue weighted by atomic mass is 10.3. The molecule has 5 heteroatoms. The van der Waals surface area contributed by atoms with Crippen molar-refractivity contribution in [3.05, 3.63) is 37.9 Å². The highest BCUT2D eigenvalue weighted by molar-refractivity contribution is 7.14. The van der Waals surface area contributed by atoms with Crippen molar-refractivity contribution < 1.29 is 0 Å². The van der Waals surface area contributed by atoms with E-state index in [1.165, 1.54) is 11.3 Å². The van der Waals surface area contributed by atoms with Crippen molar-refractivity contribution in [1.29, 1.82) is 0 Å². The summed E-state index contributed by atoms with van der Waals surface area (Å²) in [5.41, 5.74) is 9.03. The molecule has 0 atom stereocenters. The zero-order valence-corrected chi connectivity index (χ0v) is 8.42. The van der Waals surface area contributed by atoms with Gasteiger partial charge >= 0.3 is 0 Å². The van der Waals surface area contributed by atoms with E-state index in [9.17, 15) is 0 Å². The Balaban J connectivity index is 2.40. The van der Waals surface area contributed by atoms with Gasteiger partial charge in [-0.25, -0.2) is 0 Å². The fourth-order valence-corrected chi connectivity index (χ4v) is 1.70. The van der Waals surface area contributed by atoms with Crippen LogP contribution < -0.4 is 0 Å². The maximum Gasteiger partial charge on any atom is 0.100 e. The predicted molar refractivity (Wildman–Crippen MR) is 57.0 cm³/mol. The third kappa shape index (κ3) is 3.51. The van der Waals surface area contributed by atoms with Gasteiger partial charge in [-0.2, -0.15) is 0 Å². The smallest absolute Gasteiger partial charge is 0.100 e. The van der Waals surface area contributed by atoms with E-state index in [1.54, 1.807) is 0 Å². The topological polar surface area (TPSA) is 48.8 Å². The van der Waals surface area contributed by atoms with Crippen LogP contribution in [0.4, 0.5) is 0 Å². The van der Waals surface area contributed by atoms with Gasteiger partial charge in [0.15, 0.2) is 0 Å². The van der Waals surface area contributed by atoms with Gasteiger partial charge in [-0.1, -0.05) is 28.9 Å². The molecule has 0 spiro atoms. The standard InChI is InChI=1S/C8H8ClN3S/c9-8-7(4-6-13-8)3-1-2-5-11-12-10/h1,3-4,6H,2,5H2. The van der Waals surface area contributed by atoms with Crippen LogP contribution in [0.25, 0.3) is 16.5 Å². The minimum absolute atomic E-state index is 0.495. The number of thiophene rings is 1. The zero-order chi connectivity index (χ0) is 9.52. The summed E-state index contributed by atoms with van der Waals surface area (Å²) < 4.78 is 0.792. The second-order valence-electron chi connectivity index (χ2n) is 2.30. The van der Waals surface area contributed by atoms with E-state index in [2.05, 4.69) is 10.0 Å². The fourth-order valence-electron chi connectivity index (χ4n) is 0.809. The highest BCUT2D eigenvalue weighted by Crippen LogP contribution is 2.23. The molecular weight excluding hydrogens is 206 g/mol. The Hall–Kier alpha value is -0.960. The van der Waals surface area contributed by atoms with Gasteiger partial charge < -0.3 is 0 Å². The summed E-state index contributed by atoms with van der Waals surface area (Å²) in [5, 5.41) is 5.35. The first kappa shape index (κ1) is 10.1. The van der Waals surface area contributed by atoms with Crippen LogP contribution in [0.2, 0.25) is 4.34 Å². The molecule has 1 rings (SSSR count). The van der Waals surface area contributed by atoms with E-state index >= 15 is 0 Å². The number of azide groups is 1. The summed E-state index contributed by atoms with van der Waals surface area (Å²) in [7, 11) is 0. The van der Waals surface area contributed by atoms with E-state index in [0.29, 0.717) is 6.54 Å². The van der Waals surface area contributed by atoms with Crippen molar-refractivity contribution in [2.24, 2.45) is 5.11 Å². The highest BCUT2D eigenvalue weighted by atomic mass is 35.5. The van der Waals surface area contributed by atoms with Crippen LogP contribution in [0, 0.1) is 0 Å². The molecule has 0 bridgehead atoms. The van der Waals surface area contributed by atoms with Gasteiger partial charge in [-0.3, -0.25) is 0 Å². The molecule has 1 aromatic heterocycles. The lowest BCUT2D eigenvalue weighted by molar-refractivity contribution is 0.996. The first-order valence-corrected chi connectivity index (χ1v) is 5.00. The van der Waals surface area contributed by atoms with Crippen LogP contribution in [-0.2, 0) is 0 Å². The van der Waals surface area contributed by atoms with Crippen molar-refractivity contribution in [2.75, 3.05) is 6.54 Å². The van der Waals surface area contributed by atoms with E-state index < -0.39 is 0 Å². The summed E-state index contributed by atoms with van der Waals surface area (Å²) in [6.45, 7) is 0.495. The van der Waals surface area contributed by atoms with Crippen molar-refractivity contribution in [1.82, 2.24) is 0 Å². The third-order valence-corrected chi connectivity index (χ3v) is 2.60. The van der Waals surface area contributed by atoms with Crippen molar-refractivity contribution in [3.63, 3.8) is 0 Å². The molecule has 1 aromatic rings. The van der Waals surface area contributed by atoms with Gasteiger partial charge in [0, 0.05) is 17.0 Å². The molecule has 0 amide bonds. The molecule has 0 aliphatic heterocycles. The monoisotopic (exact) mass is 213 g/mol. The van der Waals surface area contributed by atoms with Crippen LogP contribution in [-0.4, -0.2) is 6.54 Å². The Labute approximate surface area is 85.3 Å². The molecule has 1 heterocycles. The minimum Gasteiger partial charge on any atom is -0.131 e. The molecule has 0 fully saturated rings. The summed E-state index contributed by atoms with van der Waals surface area (Å²) in [5.74, 6) is 0. The van der Waals surface area contributed by atoms with E-state index in [0.717, 1.165) is 16.3 Å². The molecule has 0 aliphatic carbocycles. The largest absolute Gasteiger partial charge is 0.131 e. The average molecular weight is 214 g/mol. The molecular formula is C8H8ClN3S. The van der Waals surface area contributed by atoms with Gasteiger partial charge in [-0.15, -0.1) is 11.3 Å². The van der Waals surface area contributed by atoms with Gasteiger partial charge in [0.05, 0.1) is 0 Å². The highest BCUT2D eigenvalue weighted by Gasteiger charge is 1.94. The summed E-state index contributed by atoms with van der Waals surface area (Å²) in [4.78, 5) is 2.65. The number of nitrogens with zero attached hydrogens (tertiary/aromatic N) is 3. The van der Waals surface area contributed by atoms with Crippen LogP contribution in [0.1, 0.15) is 12.0 Å². The van der Waals surface area contributed by atoms with Gasteiger partial charge in [0.1, 0.15) is 4.34 Å². The van der Waals surface area contributed by atoms with E-state index in [4.69, 9.17) is 17.1 Å². The molecule has 0 radical (unpaired) electrons.